The summed E-state index contributed by atoms with van der Waals surface area (Å²) >= 11 is 7.60. The number of anilines is 2. The summed E-state index contributed by atoms with van der Waals surface area (Å²) in [6.07, 6.45) is 5.98. The molecule has 0 spiro atoms. The summed E-state index contributed by atoms with van der Waals surface area (Å²) in [6.45, 7) is 8.24. The zero-order chi connectivity index (χ0) is 22.5. The molecule has 0 aromatic carbocycles. The molecule has 2 atom stereocenters. The Bertz CT molecular complexity index is 913. The molecule has 1 aliphatic carbocycles. The Kier molecular flexibility index (Phi) is 7.94. The third-order valence-electron chi connectivity index (χ3n) is 5.41. The van der Waals surface area contributed by atoms with Gasteiger partial charge in [0.05, 0.1) is 27.4 Å². The van der Waals surface area contributed by atoms with Crippen LogP contribution in [0.5, 0.6) is 0 Å². The number of hydrogen-bond acceptors (Lipinski definition) is 5. The number of aryl methyl sites for hydroxylation is 1. The van der Waals surface area contributed by atoms with Crippen molar-refractivity contribution in [3.63, 3.8) is 0 Å². The van der Waals surface area contributed by atoms with E-state index >= 15 is 0 Å². The molecule has 1 saturated carbocycles. The molecule has 31 heavy (non-hydrogen) atoms. The molecule has 0 radical (unpaired) electrons. The molecule has 168 valence electrons. The van der Waals surface area contributed by atoms with Crippen molar-refractivity contribution < 1.29 is 9.59 Å². The molecule has 8 heteroatoms. The van der Waals surface area contributed by atoms with Gasteiger partial charge in [0.15, 0.2) is 0 Å². The highest BCUT2D eigenvalue weighted by Gasteiger charge is 2.32. The number of thiophene rings is 1. The van der Waals surface area contributed by atoms with Crippen molar-refractivity contribution in [1.29, 1.82) is 0 Å². The summed E-state index contributed by atoms with van der Waals surface area (Å²) in [5.41, 5.74) is 1.74. The Labute approximate surface area is 193 Å². The monoisotopic (exact) mass is 462 g/mol. The Balaban J connectivity index is 1.76. The van der Waals surface area contributed by atoms with Gasteiger partial charge in [-0.3, -0.25) is 19.5 Å². The normalized spacial score (nSPS) is 15.4. The van der Waals surface area contributed by atoms with E-state index in [1.165, 1.54) is 11.3 Å². The number of nitrogens with zero attached hydrogens (tertiary/aromatic N) is 2. The summed E-state index contributed by atoms with van der Waals surface area (Å²) in [5.74, 6) is 0.402. The van der Waals surface area contributed by atoms with Gasteiger partial charge in [-0.1, -0.05) is 25.4 Å². The minimum atomic E-state index is -0.491. The van der Waals surface area contributed by atoms with Crippen molar-refractivity contribution in [3.8, 4) is 0 Å². The first kappa shape index (κ1) is 23.5. The van der Waals surface area contributed by atoms with Gasteiger partial charge in [0.1, 0.15) is 6.04 Å². The van der Waals surface area contributed by atoms with Crippen LogP contribution in [-0.2, 0) is 9.59 Å². The van der Waals surface area contributed by atoms with Crippen LogP contribution in [0.25, 0.3) is 0 Å². The zero-order valence-corrected chi connectivity index (χ0v) is 20.1. The maximum absolute atomic E-state index is 12.9. The molecule has 6 nitrogen and oxygen atoms in total. The van der Waals surface area contributed by atoms with Gasteiger partial charge in [-0.05, 0) is 63.6 Å². The number of halogens is 1. The summed E-state index contributed by atoms with van der Waals surface area (Å²) in [6, 6.07) is 5.55. The lowest BCUT2D eigenvalue weighted by atomic mass is 10.0. The molecule has 3 rings (SSSR count). The second-order valence-electron chi connectivity index (χ2n) is 8.61. The fraction of sp³-hybridized carbons (Fsp3) is 0.522. The predicted octanol–water partition coefficient (Wildman–Crippen LogP) is 5.32. The first-order valence-electron chi connectivity index (χ1n) is 10.8. The highest BCUT2D eigenvalue weighted by molar-refractivity contribution is 7.16. The van der Waals surface area contributed by atoms with Crippen LogP contribution in [0.3, 0.4) is 0 Å². The topological polar surface area (TPSA) is 74.3 Å². The van der Waals surface area contributed by atoms with Crippen LogP contribution in [0.2, 0.25) is 5.02 Å². The van der Waals surface area contributed by atoms with Crippen LogP contribution < -0.4 is 15.5 Å². The van der Waals surface area contributed by atoms with Crippen molar-refractivity contribution in [2.24, 2.45) is 5.92 Å². The van der Waals surface area contributed by atoms with Gasteiger partial charge in [-0.15, -0.1) is 11.3 Å². The predicted molar refractivity (Wildman–Crippen MR) is 128 cm³/mol. The van der Waals surface area contributed by atoms with Gasteiger partial charge in [-0.25, -0.2) is 0 Å². The van der Waals surface area contributed by atoms with Crippen molar-refractivity contribution in [1.82, 2.24) is 10.3 Å². The summed E-state index contributed by atoms with van der Waals surface area (Å²) in [7, 11) is 0. The maximum Gasteiger partial charge on any atom is 0.243 e. The Morgan fingerprint density at radius 1 is 1.32 bits per heavy atom. The second-order valence-corrected chi connectivity index (χ2v) is 10.1. The number of aromatic nitrogens is 1. The molecule has 2 aromatic rings. The highest BCUT2D eigenvalue weighted by Crippen LogP contribution is 2.34. The van der Waals surface area contributed by atoms with Gasteiger partial charge >= 0.3 is 0 Å². The number of amides is 2. The van der Waals surface area contributed by atoms with Gasteiger partial charge in [-0.2, -0.15) is 0 Å². The molecule has 0 aliphatic heterocycles. The molecule has 1 fully saturated rings. The average Bonchev–Trinajstić information content (AvgIpc) is 3.39. The van der Waals surface area contributed by atoms with E-state index in [1.54, 1.807) is 11.1 Å². The zero-order valence-electron chi connectivity index (χ0n) is 18.5. The molecule has 2 heterocycles. The molecule has 0 saturated heterocycles. The van der Waals surface area contributed by atoms with E-state index in [4.69, 9.17) is 11.6 Å². The van der Waals surface area contributed by atoms with E-state index in [1.807, 2.05) is 25.1 Å². The first-order chi connectivity index (χ1) is 14.8. The smallest absolute Gasteiger partial charge is 0.243 e. The van der Waals surface area contributed by atoms with E-state index in [0.717, 1.165) is 46.9 Å². The van der Waals surface area contributed by atoms with Gasteiger partial charge in [0.2, 0.25) is 12.3 Å². The molecule has 2 N–H and O–H groups in total. The summed E-state index contributed by atoms with van der Waals surface area (Å²) in [5, 5.41) is 7.87. The fourth-order valence-electron chi connectivity index (χ4n) is 3.36. The lowest BCUT2D eigenvalue weighted by Crippen LogP contribution is -2.47. The molecule has 0 bridgehead atoms. The summed E-state index contributed by atoms with van der Waals surface area (Å²) in [4.78, 5) is 31.9. The Hall–Kier alpha value is -2.12. The third-order valence-corrected chi connectivity index (χ3v) is 6.90. The second kappa shape index (κ2) is 10.5. The van der Waals surface area contributed by atoms with Crippen molar-refractivity contribution >= 4 is 45.9 Å². The number of pyridine rings is 1. The molecule has 2 aromatic heterocycles. The quantitative estimate of drug-likeness (QED) is 0.443. The number of hydrogen-bond donors (Lipinski definition) is 2. The lowest BCUT2D eigenvalue weighted by Gasteiger charge is -2.27. The molecule has 2 amide bonds. The van der Waals surface area contributed by atoms with Crippen LogP contribution >= 0.6 is 22.9 Å². The molecule has 0 unspecified atom stereocenters. The van der Waals surface area contributed by atoms with Crippen LogP contribution in [0, 0.1) is 12.8 Å². The molecular formula is C23H31ClN4O2S. The number of carbonyl (C=O) groups is 2. The van der Waals surface area contributed by atoms with Gasteiger partial charge in [0, 0.05) is 17.1 Å². The van der Waals surface area contributed by atoms with Crippen molar-refractivity contribution in [3.05, 3.63) is 40.0 Å². The summed E-state index contributed by atoms with van der Waals surface area (Å²) < 4.78 is 0. The van der Waals surface area contributed by atoms with Crippen LogP contribution in [0.1, 0.15) is 63.1 Å². The first-order valence-corrected chi connectivity index (χ1v) is 12.0. The SMILES string of the molecule is Cc1ncc(Cl)cc1N[C@@H](C)c1ccc(N(C=O)[C@@H](CCC(C)C)C(=O)NC2CC2)s1. The van der Waals surface area contributed by atoms with Gasteiger partial charge < -0.3 is 10.6 Å². The third kappa shape index (κ3) is 6.43. The van der Waals surface area contributed by atoms with Gasteiger partial charge in [0.25, 0.3) is 0 Å². The van der Waals surface area contributed by atoms with Crippen molar-refractivity contribution in [2.45, 2.75) is 71.5 Å². The van der Waals surface area contributed by atoms with Crippen LogP contribution in [0.15, 0.2) is 24.4 Å². The number of carbonyl (C=O) groups excluding carboxylic acids is 2. The standard InChI is InChI=1S/C23H31ClN4O2S/c1-14(2)5-8-20(23(30)27-18-6-7-18)28(13-29)22-10-9-21(31-22)16(4)26-19-11-17(24)12-25-15(19)3/h9-14,16,18,20,26H,5-8H2,1-4H3,(H,27,30)/t16-,20-/m0/s1. The molecule has 1 aliphatic rings. The fourth-order valence-corrected chi connectivity index (χ4v) is 4.55. The number of nitrogens with one attached hydrogen (secondary N) is 2. The molecular weight excluding hydrogens is 432 g/mol. The minimum absolute atomic E-state index is 0.000577. The lowest BCUT2D eigenvalue weighted by molar-refractivity contribution is -0.124. The largest absolute Gasteiger partial charge is 0.376 e. The Morgan fingerprint density at radius 3 is 2.71 bits per heavy atom. The average molecular weight is 463 g/mol. The van der Waals surface area contributed by atoms with Crippen molar-refractivity contribution in [2.75, 3.05) is 10.2 Å². The van der Waals surface area contributed by atoms with E-state index in [2.05, 4.69) is 36.4 Å². The van der Waals surface area contributed by atoms with Crippen LogP contribution in [0.4, 0.5) is 10.7 Å². The maximum atomic E-state index is 12.9. The van der Waals surface area contributed by atoms with E-state index in [0.29, 0.717) is 17.4 Å². The van der Waals surface area contributed by atoms with E-state index < -0.39 is 6.04 Å². The minimum Gasteiger partial charge on any atom is -0.376 e. The van der Waals surface area contributed by atoms with E-state index in [-0.39, 0.29) is 18.0 Å². The highest BCUT2D eigenvalue weighted by atomic mass is 35.5. The van der Waals surface area contributed by atoms with Crippen LogP contribution in [-0.4, -0.2) is 29.4 Å². The number of rotatable bonds is 11. The van der Waals surface area contributed by atoms with E-state index in [9.17, 15) is 9.59 Å². The Morgan fingerprint density at radius 2 is 2.06 bits per heavy atom.